The Hall–Kier alpha value is -3.24. The van der Waals surface area contributed by atoms with Crippen LogP contribution >= 0.6 is 23.4 Å². The summed E-state index contributed by atoms with van der Waals surface area (Å²) in [5.41, 5.74) is 6.77. The van der Waals surface area contributed by atoms with E-state index in [2.05, 4.69) is 15.5 Å². The molecular weight excluding hydrogens is 490 g/mol. The molecule has 0 saturated carbocycles. The Balaban J connectivity index is 1.63. The zero-order valence-electron chi connectivity index (χ0n) is 19.8. The first-order valence-corrected chi connectivity index (χ1v) is 12.2. The molecule has 0 bridgehead atoms. The van der Waals surface area contributed by atoms with Crippen LogP contribution in [-0.2, 0) is 29.2 Å². The van der Waals surface area contributed by atoms with Gasteiger partial charge in [-0.15, -0.1) is 16.9 Å². The molecule has 3 aromatic rings. The number of hydrogen-bond acceptors (Lipinski definition) is 8. The number of nitrogens with zero attached hydrogens (tertiary/aromatic N) is 3. The summed E-state index contributed by atoms with van der Waals surface area (Å²) >= 11 is 7.57. The lowest BCUT2D eigenvalue weighted by molar-refractivity contribution is -0.129. The van der Waals surface area contributed by atoms with Crippen molar-refractivity contribution in [2.75, 3.05) is 11.5 Å². The van der Waals surface area contributed by atoms with Gasteiger partial charge in [0.05, 0.1) is 17.3 Å². The van der Waals surface area contributed by atoms with E-state index in [1.54, 1.807) is 11.0 Å². The molecule has 11 heteroatoms. The number of nitrogens with one attached hydrogen (secondary N) is 1. The van der Waals surface area contributed by atoms with Gasteiger partial charge in [0.25, 0.3) is 0 Å². The van der Waals surface area contributed by atoms with Gasteiger partial charge in [-0.25, -0.2) is 4.79 Å². The topological polar surface area (TPSA) is 124 Å². The SMILES string of the molecule is CC(C)(C)OC(=O)NCc1ccc(CN(Cc2nnc(N)o2)C(=O)CSc2ccccc2Cl)cc1. The van der Waals surface area contributed by atoms with Gasteiger partial charge in [-0.3, -0.25) is 4.79 Å². The summed E-state index contributed by atoms with van der Waals surface area (Å²) in [6.07, 6.45) is -0.479. The highest BCUT2D eigenvalue weighted by atomic mass is 35.5. The van der Waals surface area contributed by atoms with E-state index in [4.69, 9.17) is 26.5 Å². The molecule has 0 aliphatic heterocycles. The minimum atomic E-state index is -0.558. The summed E-state index contributed by atoms with van der Waals surface area (Å²) in [6, 6.07) is 14.9. The van der Waals surface area contributed by atoms with Gasteiger partial charge in [0.2, 0.25) is 11.8 Å². The zero-order chi connectivity index (χ0) is 25.4. The van der Waals surface area contributed by atoms with E-state index < -0.39 is 11.7 Å². The number of anilines is 1. The van der Waals surface area contributed by atoms with Crippen molar-refractivity contribution in [3.05, 3.63) is 70.6 Å². The molecule has 2 amide bonds. The smallest absolute Gasteiger partial charge is 0.407 e. The van der Waals surface area contributed by atoms with Crippen molar-refractivity contribution >= 4 is 41.4 Å². The third kappa shape index (κ3) is 8.80. The third-order valence-corrected chi connectivity index (χ3v) is 6.08. The van der Waals surface area contributed by atoms with E-state index in [1.807, 2.05) is 63.2 Å². The van der Waals surface area contributed by atoms with Gasteiger partial charge in [0.1, 0.15) is 5.60 Å². The van der Waals surface area contributed by atoms with Crippen LogP contribution in [0.5, 0.6) is 0 Å². The number of hydrogen-bond donors (Lipinski definition) is 2. The first-order chi connectivity index (χ1) is 16.6. The molecule has 9 nitrogen and oxygen atoms in total. The van der Waals surface area contributed by atoms with E-state index in [1.165, 1.54) is 11.8 Å². The molecule has 0 aliphatic rings. The molecule has 0 radical (unpaired) electrons. The Morgan fingerprint density at radius 2 is 1.77 bits per heavy atom. The molecule has 0 fully saturated rings. The molecule has 0 saturated heterocycles. The fraction of sp³-hybridized carbons (Fsp3) is 0.333. The number of ether oxygens (including phenoxy) is 1. The number of aromatic nitrogens is 2. The van der Waals surface area contributed by atoms with Crippen LogP contribution in [0.15, 0.2) is 57.8 Å². The van der Waals surface area contributed by atoms with Gasteiger partial charge in [-0.05, 0) is 44.0 Å². The van der Waals surface area contributed by atoms with Crippen molar-refractivity contribution in [2.45, 2.75) is 50.9 Å². The lowest BCUT2D eigenvalue weighted by Gasteiger charge is -2.21. The molecular formula is C24H28ClN5O4S. The number of alkyl carbamates (subject to hydrolysis) is 1. The lowest BCUT2D eigenvalue weighted by atomic mass is 10.1. The number of nitrogens with two attached hydrogens (primary N) is 1. The van der Waals surface area contributed by atoms with Gasteiger partial charge in [-0.2, -0.15) is 0 Å². The van der Waals surface area contributed by atoms with Crippen molar-refractivity contribution < 1.29 is 18.7 Å². The summed E-state index contributed by atoms with van der Waals surface area (Å²) in [5.74, 6) is 0.310. The quantitative estimate of drug-likeness (QED) is 0.393. The highest BCUT2D eigenvalue weighted by molar-refractivity contribution is 8.00. The monoisotopic (exact) mass is 517 g/mol. The maximum Gasteiger partial charge on any atom is 0.407 e. The van der Waals surface area contributed by atoms with E-state index >= 15 is 0 Å². The number of thioether (sulfide) groups is 1. The van der Waals surface area contributed by atoms with Crippen LogP contribution in [0.3, 0.4) is 0 Å². The van der Waals surface area contributed by atoms with Crippen LogP contribution in [0.25, 0.3) is 0 Å². The maximum absolute atomic E-state index is 13.1. The number of carbonyl (C=O) groups excluding carboxylic acids is 2. The van der Waals surface area contributed by atoms with Crippen molar-refractivity contribution in [2.24, 2.45) is 0 Å². The molecule has 0 spiro atoms. The maximum atomic E-state index is 13.1. The number of benzene rings is 2. The van der Waals surface area contributed by atoms with Gasteiger partial charge in [-0.1, -0.05) is 53.1 Å². The molecule has 0 atom stereocenters. The standard InChI is InChI=1S/C24H28ClN5O4S/c1-24(2,3)34-23(32)27-12-16-8-10-17(11-9-16)13-30(14-20-28-29-22(26)33-20)21(31)15-35-19-7-5-4-6-18(19)25/h4-11H,12-15H2,1-3H3,(H2,26,29)(H,27,32). The Morgan fingerprint density at radius 1 is 1.09 bits per heavy atom. The van der Waals surface area contributed by atoms with Crippen LogP contribution in [0, 0.1) is 0 Å². The largest absolute Gasteiger partial charge is 0.444 e. The highest BCUT2D eigenvalue weighted by Crippen LogP contribution is 2.27. The molecule has 1 heterocycles. The molecule has 3 rings (SSSR count). The second-order valence-electron chi connectivity index (χ2n) is 8.67. The summed E-state index contributed by atoms with van der Waals surface area (Å²) in [6.45, 7) is 6.20. The van der Waals surface area contributed by atoms with Crippen LogP contribution in [-0.4, -0.2) is 38.5 Å². The first kappa shape index (κ1) is 26.4. The second kappa shape index (κ2) is 11.9. The van der Waals surface area contributed by atoms with Crippen LogP contribution < -0.4 is 11.1 Å². The minimum absolute atomic E-state index is 0.0559. The van der Waals surface area contributed by atoms with Crippen LogP contribution in [0.1, 0.15) is 37.8 Å². The number of amides is 2. The van der Waals surface area contributed by atoms with E-state index in [9.17, 15) is 9.59 Å². The molecule has 0 unspecified atom stereocenters. The average molecular weight is 518 g/mol. The number of rotatable bonds is 9. The Bertz CT molecular complexity index is 1150. The first-order valence-electron chi connectivity index (χ1n) is 10.9. The van der Waals surface area contributed by atoms with Gasteiger partial charge in [0, 0.05) is 18.0 Å². The molecule has 186 valence electrons. The van der Waals surface area contributed by atoms with Crippen molar-refractivity contribution in [3.63, 3.8) is 0 Å². The number of nitrogen functional groups attached to an aromatic ring is 1. The third-order valence-electron chi connectivity index (χ3n) is 4.58. The normalized spacial score (nSPS) is 11.2. The molecule has 1 aromatic heterocycles. The van der Waals surface area contributed by atoms with E-state index in [0.717, 1.165) is 16.0 Å². The van der Waals surface area contributed by atoms with Crippen molar-refractivity contribution in [1.29, 1.82) is 0 Å². The van der Waals surface area contributed by atoms with E-state index in [0.29, 0.717) is 18.1 Å². The lowest BCUT2D eigenvalue weighted by Crippen LogP contribution is -2.32. The van der Waals surface area contributed by atoms with Gasteiger partial charge in [0.15, 0.2) is 0 Å². The number of halogens is 1. The van der Waals surface area contributed by atoms with Gasteiger partial charge < -0.3 is 25.1 Å². The summed E-state index contributed by atoms with van der Waals surface area (Å²) in [4.78, 5) is 27.4. The molecule has 2 aromatic carbocycles. The fourth-order valence-electron chi connectivity index (χ4n) is 2.99. The second-order valence-corrected chi connectivity index (χ2v) is 10.1. The predicted molar refractivity (Wildman–Crippen MR) is 135 cm³/mol. The van der Waals surface area contributed by atoms with Gasteiger partial charge >= 0.3 is 12.1 Å². The van der Waals surface area contributed by atoms with Crippen molar-refractivity contribution in [1.82, 2.24) is 20.4 Å². The molecule has 0 aliphatic carbocycles. The Labute approximate surface area is 213 Å². The minimum Gasteiger partial charge on any atom is -0.444 e. The zero-order valence-corrected chi connectivity index (χ0v) is 21.4. The highest BCUT2D eigenvalue weighted by Gasteiger charge is 2.19. The molecule has 35 heavy (non-hydrogen) atoms. The molecule has 3 N–H and O–H groups in total. The summed E-state index contributed by atoms with van der Waals surface area (Å²) in [5, 5.41) is 10.9. The van der Waals surface area contributed by atoms with E-state index in [-0.39, 0.29) is 30.1 Å². The van der Waals surface area contributed by atoms with Crippen LogP contribution in [0.2, 0.25) is 5.02 Å². The average Bonchev–Trinajstić information content (AvgIpc) is 3.21. The summed E-state index contributed by atoms with van der Waals surface area (Å²) < 4.78 is 10.5. The Morgan fingerprint density at radius 3 is 2.40 bits per heavy atom. The summed E-state index contributed by atoms with van der Waals surface area (Å²) in [7, 11) is 0. The fourth-order valence-corrected chi connectivity index (χ4v) is 4.13. The van der Waals surface area contributed by atoms with Crippen LogP contribution in [0.4, 0.5) is 10.8 Å². The predicted octanol–water partition coefficient (Wildman–Crippen LogP) is 4.65. The Kier molecular flexibility index (Phi) is 9.00. The number of carbonyl (C=O) groups is 2. The van der Waals surface area contributed by atoms with Crippen molar-refractivity contribution in [3.8, 4) is 0 Å².